The van der Waals surface area contributed by atoms with Crippen molar-refractivity contribution in [3.8, 4) is 0 Å². The first-order valence-electron chi connectivity index (χ1n) is 12.8. The smallest absolute Gasteiger partial charge is 0.0431 e. The summed E-state index contributed by atoms with van der Waals surface area (Å²) in [4.78, 5) is 0. The van der Waals surface area contributed by atoms with Crippen molar-refractivity contribution < 1.29 is 5.11 Å². The van der Waals surface area contributed by atoms with Crippen LogP contribution in [0.5, 0.6) is 0 Å². The van der Waals surface area contributed by atoms with Gasteiger partial charge in [-0.1, -0.05) is 144 Å². The normalized spacial score (nSPS) is 11.4. The van der Waals surface area contributed by atoms with E-state index in [0.29, 0.717) is 6.61 Å². The lowest BCUT2D eigenvalue weighted by Crippen LogP contribution is -1.85. The highest BCUT2D eigenvalue weighted by atomic mass is 33.1. The van der Waals surface area contributed by atoms with Crippen LogP contribution in [0.3, 0.4) is 0 Å². The number of unbranched alkanes of at least 4 members (excludes halogenated alkanes) is 19. The molecule has 1 N–H and O–H groups in total. The summed E-state index contributed by atoms with van der Waals surface area (Å²) >= 11 is 0. The van der Waals surface area contributed by atoms with Gasteiger partial charge in [-0.2, -0.15) is 0 Å². The van der Waals surface area contributed by atoms with Gasteiger partial charge in [0.05, 0.1) is 0 Å². The van der Waals surface area contributed by atoms with E-state index in [0.717, 1.165) is 6.42 Å². The van der Waals surface area contributed by atoms with E-state index < -0.39 is 0 Å². The first-order valence-corrected chi connectivity index (χ1v) is 15.3. The van der Waals surface area contributed by atoms with E-state index in [1.165, 1.54) is 140 Å². The standard InChI is InChI=1S/C25H52OS2/c1-2-3-4-5-6-7-8-9-12-15-18-21-24-27-28-25-22-19-16-13-10-11-14-17-20-23-26/h26H,2-25H2,1H3. The largest absolute Gasteiger partial charge is 0.396 e. The van der Waals surface area contributed by atoms with Crippen LogP contribution in [0.4, 0.5) is 0 Å². The third-order valence-electron chi connectivity index (χ3n) is 5.55. The molecule has 170 valence electrons. The predicted octanol–water partition coefficient (Wildman–Crippen LogP) is 9.57. The maximum Gasteiger partial charge on any atom is 0.0431 e. The Bertz CT molecular complexity index is 235. The molecule has 28 heavy (non-hydrogen) atoms. The Balaban J connectivity index is 2.96. The Morgan fingerprint density at radius 3 is 1.00 bits per heavy atom. The minimum absolute atomic E-state index is 0.370. The molecule has 0 saturated heterocycles. The van der Waals surface area contributed by atoms with Gasteiger partial charge in [0.1, 0.15) is 0 Å². The topological polar surface area (TPSA) is 20.2 Å². The van der Waals surface area contributed by atoms with Crippen LogP contribution >= 0.6 is 21.6 Å². The van der Waals surface area contributed by atoms with E-state index >= 15 is 0 Å². The molecule has 0 aromatic heterocycles. The zero-order valence-corrected chi connectivity index (χ0v) is 20.9. The van der Waals surface area contributed by atoms with Crippen LogP contribution in [0.2, 0.25) is 0 Å². The fraction of sp³-hybridized carbons (Fsp3) is 1.00. The Kier molecular flexibility index (Phi) is 28.3. The molecule has 0 saturated carbocycles. The van der Waals surface area contributed by atoms with Crippen LogP contribution in [-0.2, 0) is 0 Å². The van der Waals surface area contributed by atoms with Gasteiger partial charge in [0.15, 0.2) is 0 Å². The van der Waals surface area contributed by atoms with Gasteiger partial charge in [-0.3, -0.25) is 0 Å². The molecule has 0 amide bonds. The summed E-state index contributed by atoms with van der Waals surface area (Å²) in [7, 11) is 4.22. The lowest BCUT2D eigenvalue weighted by Gasteiger charge is -2.04. The first-order chi connectivity index (χ1) is 13.9. The predicted molar refractivity (Wildman–Crippen MR) is 135 cm³/mol. The molecule has 0 spiro atoms. The van der Waals surface area contributed by atoms with Crippen LogP contribution in [0.1, 0.15) is 142 Å². The molecular weight excluding hydrogens is 380 g/mol. The summed E-state index contributed by atoms with van der Waals surface area (Å²) < 4.78 is 0. The van der Waals surface area contributed by atoms with Crippen LogP contribution in [0, 0.1) is 0 Å². The minimum Gasteiger partial charge on any atom is -0.396 e. The lowest BCUT2D eigenvalue weighted by atomic mass is 10.1. The summed E-state index contributed by atoms with van der Waals surface area (Å²) in [6.07, 6.45) is 29.3. The van der Waals surface area contributed by atoms with Gasteiger partial charge in [-0.25, -0.2) is 0 Å². The molecule has 0 aliphatic carbocycles. The fourth-order valence-corrected chi connectivity index (χ4v) is 5.92. The molecule has 0 radical (unpaired) electrons. The SMILES string of the molecule is CCCCCCCCCCCCCCSSCCCCCCCCCCCO. The van der Waals surface area contributed by atoms with Crippen molar-refractivity contribution >= 4 is 21.6 Å². The second-order valence-corrected chi connectivity index (χ2v) is 11.1. The highest BCUT2D eigenvalue weighted by Crippen LogP contribution is 2.25. The van der Waals surface area contributed by atoms with Gasteiger partial charge in [-0.15, -0.1) is 0 Å². The van der Waals surface area contributed by atoms with Crippen LogP contribution < -0.4 is 0 Å². The van der Waals surface area contributed by atoms with Gasteiger partial charge in [0, 0.05) is 18.1 Å². The number of hydrogen-bond donors (Lipinski definition) is 1. The van der Waals surface area contributed by atoms with Crippen molar-refractivity contribution in [3.05, 3.63) is 0 Å². The summed E-state index contributed by atoms with van der Waals surface area (Å²) in [6, 6.07) is 0. The molecule has 0 atom stereocenters. The summed E-state index contributed by atoms with van der Waals surface area (Å²) in [5.74, 6) is 2.70. The van der Waals surface area contributed by atoms with Crippen molar-refractivity contribution in [1.82, 2.24) is 0 Å². The van der Waals surface area contributed by atoms with E-state index in [-0.39, 0.29) is 0 Å². The van der Waals surface area contributed by atoms with Gasteiger partial charge in [0.2, 0.25) is 0 Å². The number of aliphatic hydroxyl groups excluding tert-OH is 1. The van der Waals surface area contributed by atoms with Crippen molar-refractivity contribution in [1.29, 1.82) is 0 Å². The highest BCUT2D eigenvalue weighted by Gasteiger charge is 1.96. The van der Waals surface area contributed by atoms with Crippen molar-refractivity contribution in [2.75, 3.05) is 18.1 Å². The second kappa shape index (κ2) is 27.7. The molecule has 0 unspecified atom stereocenters. The third-order valence-corrected chi connectivity index (χ3v) is 8.13. The Morgan fingerprint density at radius 2 is 0.679 bits per heavy atom. The maximum absolute atomic E-state index is 8.74. The van der Waals surface area contributed by atoms with Gasteiger partial charge in [0.25, 0.3) is 0 Å². The summed E-state index contributed by atoms with van der Waals surface area (Å²) in [6.45, 7) is 2.67. The molecule has 0 bridgehead atoms. The molecule has 0 heterocycles. The second-order valence-electron chi connectivity index (χ2n) is 8.44. The molecular formula is C25H52OS2. The molecule has 0 aromatic carbocycles. The highest BCUT2D eigenvalue weighted by molar-refractivity contribution is 8.76. The molecule has 0 aliphatic heterocycles. The van der Waals surface area contributed by atoms with E-state index in [1.54, 1.807) is 0 Å². The van der Waals surface area contributed by atoms with Crippen LogP contribution in [0.15, 0.2) is 0 Å². The van der Waals surface area contributed by atoms with E-state index in [2.05, 4.69) is 28.5 Å². The Morgan fingerprint density at radius 1 is 0.393 bits per heavy atom. The van der Waals surface area contributed by atoms with Crippen LogP contribution in [-0.4, -0.2) is 23.2 Å². The number of rotatable bonds is 25. The third kappa shape index (κ3) is 26.7. The monoisotopic (exact) mass is 432 g/mol. The van der Waals surface area contributed by atoms with Crippen molar-refractivity contribution in [2.45, 2.75) is 142 Å². The Labute approximate surface area is 186 Å². The fourth-order valence-electron chi connectivity index (χ4n) is 3.63. The van der Waals surface area contributed by atoms with Crippen molar-refractivity contribution in [2.24, 2.45) is 0 Å². The first kappa shape index (κ1) is 28.7. The van der Waals surface area contributed by atoms with E-state index in [9.17, 15) is 0 Å². The van der Waals surface area contributed by atoms with Gasteiger partial charge < -0.3 is 5.11 Å². The summed E-state index contributed by atoms with van der Waals surface area (Å²) in [5, 5.41) is 8.74. The zero-order valence-electron chi connectivity index (χ0n) is 19.2. The van der Waals surface area contributed by atoms with Crippen LogP contribution in [0.25, 0.3) is 0 Å². The zero-order chi connectivity index (χ0) is 20.4. The molecule has 3 heteroatoms. The molecule has 0 fully saturated rings. The number of aliphatic hydroxyl groups is 1. The minimum atomic E-state index is 0.370. The molecule has 0 aromatic rings. The molecule has 1 nitrogen and oxygen atoms in total. The van der Waals surface area contributed by atoms with Crippen molar-refractivity contribution in [3.63, 3.8) is 0 Å². The summed E-state index contributed by atoms with van der Waals surface area (Å²) in [5.41, 5.74) is 0. The lowest BCUT2D eigenvalue weighted by molar-refractivity contribution is 0.282. The molecule has 0 rings (SSSR count). The van der Waals surface area contributed by atoms with E-state index in [1.807, 2.05) is 0 Å². The molecule has 0 aliphatic rings. The maximum atomic E-state index is 8.74. The Hall–Kier alpha value is 0.660. The average Bonchev–Trinajstić information content (AvgIpc) is 2.71. The number of hydrogen-bond acceptors (Lipinski definition) is 3. The quantitative estimate of drug-likeness (QED) is 0.114. The van der Waals surface area contributed by atoms with E-state index in [4.69, 9.17) is 5.11 Å². The average molecular weight is 433 g/mol. The van der Waals surface area contributed by atoms with Gasteiger partial charge in [-0.05, 0) is 19.3 Å². The van der Waals surface area contributed by atoms with Gasteiger partial charge >= 0.3 is 0 Å².